The zero-order valence-corrected chi connectivity index (χ0v) is 13.3. The van der Waals surface area contributed by atoms with Crippen LogP contribution in [0.5, 0.6) is 5.75 Å². The number of carbonyl (C=O) groups is 1. The molecule has 4 nitrogen and oxygen atoms in total. The van der Waals surface area contributed by atoms with Crippen LogP contribution < -0.4 is 10.2 Å². The molecule has 1 amide bonds. The summed E-state index contributed by atoms with van der Waals surface area (Å²) in [6, 6.07) is 14.9. The third-order valence-electron chi connectivity index (χ3n) is 3.58. The number of hydrogen-bond donors (Lipinski definition) is 1. The van der Waals surface area contributed by atoms with Gasteiger partial charge in [0.1, 0.15) is 5.75 Å². The van der Waals surface area contributed by atoms with Gasteiger partial charge in [0.05, 0.1) is 12.8 Å². The highest BCUT2D eigenvalue weighted by molar-refractivity contribution is 6.30. The van der Waals surface area contributed by atoms with E-state index >= 15 is 0 Å². The molecule has 0 aromatic heterocycles. The summed E-state index contributed by atoms with van der Waals surface area (Å²) in [5, 5.41) is 4.81. The van der Waals surface area contributed by atoms with Crippen LogP contribution in [0.25, 0.3) is 6.08 Å². The molecular formula is C18H15ClN2O2. The number of carbonyl (C=O) groups excluding carboxylic acids is 1. The molecule has 2 aromatic rings. The Morgan fingerprint density at radius 2 is 1.83 bits per heavy atom. The first kappa shape index (κ1) is 15.3. The number of hydrazone groups is 1. The number of nitrogens with one attached hydrogen (secondary N) is 1. The highest BCUT2D eigenvalue weighted by Gasteiger charge is 2.19. The van der Waals surface area contributed by atoms with E-state index in [1.807, 2.05) is 54.6 Å². The summed E-state index contributed by atoms with van der Waals surface area (Å²) in [6.07, 6.45) is 2.33. The SMILES string of the molecule is COc1ccc(/C=C2/CC(c3ccc(Cl)cc3)=NNC2=O)cc1. The number of ether oxygens (including phenoxy) is 1. The van der Waals surface area contributed by atoms with Gasteiger partial charge in [-0.15, -0.1) is 0 Å². The number of amides is 1. The van der Waals surface area contributed by atoms with Crippen molar-refractivity contribution in [3.63, 3.8) is 0 Å². The van der Waals surface area contributed by atoms with E-state index in [1.165, 1.54) is 0 Å². The maximum Gasteiger partial charge on any atom is 0.267 e. The first-order valence-electron chi connectivity index (χ1n) is 7.13. The molecule has 1 heterocycles. The predicted octanol–water partition coefficient (Wildman–Crippen LogP) is 3.66. The van der Waals surface area contributed by atoms with Crippen LogP contribution in [-0.2, 0) is 4.79 Å². The van der Waals surface area contributed by atoms with Crippen LogP contribution >= 0.6 is 11.6 Å². The maximum atomic E-state index is 12.0. The standard InChI is InChI=1S/C18H15ClN2O2/c1-23-16-8-2-12(3-9-16)10-14-11-17(20-21-18(14)22)13-4-6-15(19)7-5-13/h2-10H,11H2,1H3,(H,21,22)/b14-10-. The fraction of sp³-hybridized carbons (Fsp3) is 0.111. The lowest BCUT2D eigenvalue weighted by Crippen LogP contribution is -2.28. The van der Waals surface area contributed by atoms with Crippen LogP contribution in [0.4, 0.5) is 0 Å². The molecule has 0 saturated carbocycles. The topological polar surface area (TPSA) is 50.7 Å². The molecule has 2 aromatic carbocycles. The average Bonchev–Trinajstić information content (AvgIpc) is 2.58. The van der Waals surface area contributed by atoms with Crippen molar-refractivity contribution in [2.24, 2.45) is 5.10 Å². The Balaban J connectivity index is 1.85. The van der Waals surface area contributed by atoms with E-state index < -0.39 is 0 Å². The summed E-state index contributed by atoms with van der Waals surface area (Å²) in [5.41, 5.74) is 5.91. The minimum absolute atomic E-state index is 0.182. The Bertz CT molecular complexity index is 778. The molecule has 0 radical (unpaired) electrons. The van der Waals surface area contributed by atoms with Crippen molar-refractivity contribution in [1.82, 2.24) is 5.43 Å². The van der Waals surface area contributed by atoms with Crippen molar-refractivity contribution in [2.45, 2.75) is 6.42 Å². The van der Waals surface area contributed by atoms with E-state index in [4.69, 9.17) is 16.3 Å². The Labute approximate surface area is 139 Å². The number of nitrogens with zero attached hydrogens (tertiary/aromatic N) is 1. The van der Waals surface area contributed by atoms with Gasteiger partial charge in [-0.1, -0.05) is 35.9 Å². The van der Waals surface area contributed by atoms with Crippen molar-refractivity contribution < 1.29 is 9.53 Å². The van der Waals surface area contributed by atoms with Crippen LogP contribution in [0.2, 0.25) is 5.02 Å². The van der Waals surface area contributed by atoms with E-state index in [0.717, 1.165) is 22.6 Å². The lowest BCUT2D eigenvalue weighted by atomic mass is 9.99. The van der Waals surface area contributed by atoms with Crippen LogP contribution in [0.1, 0.15) is 17.5 Å². The monoisotopic (exact) mass is 326 g/mol. The zero-order valence-electron chi connectivity index (χ0n) is 12.5. The highest BCUT2D eigenvalue weighted by Crippen LogP contribution is 2.20. The van der Waals surface area contributed by atoms with Crippen LogP contribution in [0.3, 0.4) is 0 Å². The summed E-state index contributed by atoms with van der Waals surface area (Å²) in [6.45, 7) is 0. The number of benzene rings is 2. The van der Waals surface area contributed by atoms with E-state index in [1.54, 1.807) is 7.11 Å². The van der Waals surface area contributed by atoms with Crippen molar-refractivity contribution >= 4 is 29.3 Å². The van der Waals surface area contributed by atoms with E-state index in [-0.39, 0.29) is 5.91 Å². The molecular weight excluding hydrogens is 312 g/mol. The van der Waals surface area contributed by atoms with Gasteiger partial charge in [-0.2, -0.15) is 5.10 Å². The minimum atomic E-state index is -0.182. The van der Waals surface area contributed by atoms with Crippen LogP contribution in [0, 0.1) is 0 Å². The van der Waals surface area contributed by atoms with E-state index in [9.17, 15) is 4.79 Å². The Morgan fingerprint density at radius 3 is 2.48 bits per heavy atom. The number of halogens is 1. The molecule has 1 aliphatic rings. The second-order valence-electron chi connectivity index (χ2n) is 5.13. The summed E-state index contributed by atoms with van der Waals surface area (Å²) in [7, 11) is 1.62. The lowest BCUT2D eigenvalue weighted by molar-refractivity contribution is -0.117. The summed E-state index contributed by atoms with van der Waals surface area (Å²) < 4.78 is 5.13. The molecule has 3 rings (SSSR count). The fourth-order valence-corrected chi connectivity index (χ4v) is 2.44. The second kappa shape index (κ2) is 6.67. The molecule has 0 unspecified atom stereocenters. The van der Waals surface area contributed by atoms with Gasteiger partial charge in [0.2, 0.25) is 0 Å². The summed E-state index contributed by atoms with van der Waals surface area (Å²) in [4.78, 5) is 12.0. The van der Waals surface area contributed by atoms with E-state index in [0.29, 0.717) is 17.0 Å². The first-order chi connectivity index (χ1) is 11.2. The zero-order chi connectivity index (χ0) is 16.2. The van der Waals surface area contributed by atoms with Gasteiger partial charge in [-0.05, 0) is 41.5 Å². The maximum absolute atomic E-state index is 12.0. The van der Waals surface area contributed by atoms with Gasteiger partial charge < -0.3 is 4.74 Å². The van der Waals surface area contributed by atoms with Crippen LogP contribution in [0.15, 0.2) is 59.2 Å². The molecule has 0 fully saturated rings. The minimum Gasteiger partial charge on any atom is -0.497 e. The van der Waals surface area contributed by atoms with Gasteiger partial charge in [0.15, 0.2) is 0 Å². The quantitative estimate of drug-likeness (QED) is 0.875. The molecule has 0 aliphatic carbocycles. The number of hydrogen-bond acceptors (Lipinski definition) is 3. The summed E-state index contributed by atoms with van der Waals surface area (Å²) >= 11 is 5.90. The fourth-order valence-electron chi connectivity index (χ4n) is 2.32. The average molecular weight is 327 g/mol. The third kappa shape index (κ3) is 3.60. The number of rotatable bonds is 3. The Morgan fingerprint density at radius 1 is 1.13 bits per heavy atom. The van der Waals surface area contributed by atoms with Gasteiger partial charge in [0.25, 0.3) is 5.91 Å². The summed E-state index contributed by atoms with van der Waals surface area (Å²) in [5.74, 6) is 0.599. The number of methoxy groups -OCH3 is 1. The third-order valence-corrected chi connectivity index (χ3v) is 3.83. The van der Waals surface area contributed by atoms with Gasteiger partial charge in [-0.3, -0.25) is 4.79 Å². The van der Waals surface area contributed by atoms with Gasteiger partial charge >= 0.3 is 0 Å². The van der Waals surface area contributed by atoms with Crippen molar-refractivity contribution in [1.29, 1.82) is 0 Å². The molecule has 23 heavy (non-hydrogen) atoms. The normalized spacial score (nSPS) is 16.0. The van der Waals surface area contributed by atoms with Gasteiger partial charge in [0, 0.05) is 17.0 Å². The van der Waals surface area contributed by atoms with Crippen LogP contribution in [-0.4, -0.2) is 18.7 Å². The van der Waals surface area contributed by atoms with E-state index in [2.05, 4.69) is 10.5 Å². The molecule has 1 aliphatic heterocycles. The molecule has 1 N–H and O–H groups in total. The predicted molar refractivity (Wildman–Crippen MR) is 91.7 cm³/mol. The highest BCUT2D eigenvalue weighted by atomic mass is 35.5. The lowest BCUT2D eigenvalue weighted by Gasteiger charge is -2.15. The Kier molecular flexibility index (Phi) is 4.44. The Hall–Kier alpha value is -2.59. The van der Waals surface area contributed by atoms with Crippen molar-refractivity contribution in [3.05, 3.63) is 70.3 Å². The van der Waals surface area contributed by atoms with Crippen molar-refractivity contribution in [3.8, 4) is 5.75 Å². The molecule has 0 bridgehead atoms. The molecule has 0 atom stereocenters. The van der Waals surface area contributed by atoms with Crippen molar-refractivity contribution in [2.75, 3.05) is 7.11 Å². The smallest absolute Gasteiger partial charge is 0.267 e. The first-order valence-corrected chi connectivity index (χ1v) is 7.51. The molecule has 0 spiro atoms. The van der Waals surface area contributed by atoms with Gasteiger partial charge in [-0.25, -0.2) is 5.43 Å². The second-order valence-corrected chi connectivity index (χ2v) is 5.56. The molecule has 116 valence electrons. The largest absolute Gasteiger partial charge is 0.497 e. The molecule has 5 heteroatoms. The molecule has 0 saturated heterocycles.